The highest BCUT2D eigenvalue weighted by Crippen LogP contribution is 2.40. The smallest absolute Gasteiger partial charge is 0.394 e. The molecule has 0 radical (unpaired) electrons. The second-order valence-corrected chi connectivity index (χ2v) is 4.49. The van der Waals surface area contributed by atoms with Crippen molar-refractivity contribution in [3.8, 4) is 0 Å². The summed E-state index contributed by atoms with van der Waals surface area (Å²) in [6.45, 7) is -0.702. The van der Waals surface area contributed by atoms with E-state index in [1.54, 1.807) is 0 Å². The highest BCUT2D eigenvalue weighted by atomic mass is 31.2. The van der Waals surface area contributed by atoms with Gasteiger partial charge in [0.15, 0.2) is 6.29 Å². The molecule has 10 heteroatoms. The molecule has 0 amide bonds. The molecular weight excluding hydrogens is 247 g/mol. The molecular formula is C6H13O9P. The number of phosphoric ester groups is 1. The van der Waals surface area contributed by atoms with Crippen molar-refractivity contribution in [2.45, 2.75) is 30.7 Å². The summed E-state index contributed by atoms with van der Waals surface area (Å²) in [6.07, 6.45) is -8.25. The highest BCUT2D eigenvalue weighted by Gasteiger charge is 2.46. The van der Waals surface area contributed by atoms with Crippen LogP contribution in [0, 0.1) is 0 Å². The number of hydrogen-bond donors (Lipinski definition) is 6. The van der Waals surface area contributed by atoms with E-state index in [0.717, 1.165) is 0 Å². The molecule has 0 saturated carbocycles. The largest absolute Gasteiger partial charge is 0.472 e. The standard InChI is InChI=1S/C6H13O9P/c7-1-2-3(8)4(9)5(10)6(14-2)15-16(11,12)13/h2-10H,1H2,(H2,11,12,13)/t2-,3-,4+,5+,6-/m1/s1. The van der Waals surface area contributed by atoms with Crippen molar-refractivity contribution in [3.63, 3.8) is 0 Å². The van der Waals surface area contributed by atoms with E-state index < -0.39 is 45.1 Å². The molecule has 0 aliphatic carbocycles. The minimum atomic E-state index is -4.91. The summed E-state index contributed by atoms with van der Waals surface area (Å²) in [5, 5.41) is 36.6. The Bertz CT molecular complexity index is 275. The molecule has 5 atom stereocenters. The number of hydrogen-bond acceptors (Lipinski definition) is 7. The van der Waals surface area contributed by atoms with Gasteiger partial charge in [0, 0.05) is 0 Å². The molecule has 6 N–H and O–H groups in total. The molecule has 0 spiro atoms. The van der Waals surface area contributed by atoms with Gasteiger partial charge in [-0.2, -0.15) is 0 Å². The maximum absolute atomic E-state index is 10.5. The molecule has 0 aromatic heterocycles. The van der Waals surface area contributed by atoms with Gasteiger partial charge in [0.25, 0.3) is 0 Å². The third-order valence-corrected chi connectivity index (χ3v) is 2.57. The first kappa shape index (κ1) is 14.0. The molecule has 1 aliphatic heterocycles. The van der Waals surface area contributed by atoms with Gasteiger partial charge in [-0.15, -0.1) is 0 Å². The summed E-state index contributed by atoms with van der Waals surface area (Å²) in [4.78, 5) is 17.0. The molecule has 0 bridgehead atoms. The van der Waals surface area contributed by atoms with E-state index in [1.165, 1.54) is 0 Å². The van der Waals surface area contributed by atoms with Crippen molar-refractivity contribution >= 4 is 7.82 Å². The fourth-order valence-electron chi connectivity index (χ4n) is 1.29. The Labute approximate surface area is 90.1 Å². The van der Waals surface area contributed by atoms with Crippen molar-refractivity contribution in [2.75, 3.05) is 6.61 Å². The lowest BCUT2D eigenvalue weighted by Gasteiger charge is -2.39. The number of phosphoric acid groups is 1. The number of ether oxygens (including phenoxy) is 1. The minimum absolute atomic E-state index is 0.702. The third-order valence-electron chi connectivity index (χ3n) is 2.09. The fraction of sp³-hybridized carbons (Fsp3) is 1.00. The predicted octanol–water partition coefficient (Wildman–Crippen LogP) is -3.10. The Morgan fingerprint density at radius 2 is 1.69 bits per heavy atom. The van der Waals surface area contributed by atoms with Gasteiger partial charge in [0.2, 0.25) is 0 Å². The first-order chi connectivity index (χ1) is 7.26. The van der Waals surface area contributed by atoms with Crippen LogP contribution in [0.1, 0.15) is 0 Å². The van der Waals surface area contributed by atoms with Crippen LogP contribution in [-0.2, 0) is 13.8 Å². The Kier molecular flexibility index (Phi) is 4.41. The SMILES string of the molecule is O=P(O)(O)O[C@H]1O[C@H](CO)[C@@H](O)[C@H](O)[C@@H]1O. The van der Waals surface area contributed by atoms with Crippen LogP contribution in [0.15, 0.2) is 0 Å². The van der Waals surface area contributed by atoms with Gasteiger partial charge in [-0.05, 0) is 0 Å². The molecule has 1 rings (SSSR count). The molecule has 16 heavy (non-hydrogen) atoms. The van der Waals surface area contributed by atoms with Crippen LogP contribution in [0.3, 0.4) is 0 Å². The molecule has 96 valence electrons. The number of rotatable bonds is 3. The fourth-order valence-corrected chi connectivity index (χ4v) is 1.73. The summed E-state index contributed by atoms with van der Waals surface area (Å²) < 4.78 is 19.2. The zero-order chi connectivity index (χ0) is 12.5. The van der Waals surface area contributed by atoms with Gasteiger partial charge in [0.1, 0.15) is 24.4 Å². The molecule has 0 unspecified atom stereocenters. The van der Waals surface area contributed by atoms with E-state index in [1.807, 2.05) is 0 Å². The van der Waals surface area contributed by atoms with E-state index in [2.05, 4.69) is 9.26 Å². The summed E-state index contributed by atoms with van der Waals surface area (Å²) in [5.74, 6) is 0. The quantitative estimate of drug-likeness (QED) is 0.289. The van der Waals surface area contributed by atoms with Gasteiger partial charge >= 0.3 is 7.82 Å². The maximum Gasteiger partial charge on any atom is 0.472 e. The molecule has 0 aromatic carbocycles. The summed E-state index contributed by atoms with van der Waals surface area (Å²) in [5.41, 5.74) is 0. The van der Waals surface area contributed by atoms with E-state index >= 15 is 0 Å². The Balaban J connectivity index is 2.75. The molecule has 9 nitrogen and oxygen atoms in total. The topological polar surface area (TPSA) is 157 Å². The van der Waals surface area contributed by atoms with Crippen molar-refractivity contribution in [3.05, 3.63) is 0 Å². The van der Waals surface area contributed by atoms with Gasteiger partial charge in [-0.1, -0.05) is 0 Å². The van der Waals surface area contributed by atoms with Crippen LogP contribution in [-0.4, -0.2) is 67.5 Å². The third kappa shape index (κ3) is 3.20. The van der Waals surface area contributed by atoms with Crippen LogP contribution in [0.2, 0.25) is 0 Å². The van der Waals surface area contributed by atoms with Crippen LogP contribution in [0.5, 0.6) is 0 Å². The minimum Gasteiger partial charge on any atom is -0.394 e. The average molecular weight is 260 g/mol. The number of aliphatic hydroxyl groups excluding tert-OH is 4. The maximum atomic E-state index is 10.5. The van der Waals surface area contributed by atoms with E-state index in [0.29, 0.717) is 0 Å². The van der Waals surface area contributed by atoms with E-state index in [4.69, 9.17) is 14.9 Å². The monoisotopic (exact) mass is 260 g/mol. The zero-order valence-electron chi connectivity index (χ0n) is 7.95. The Morgan fingerprint density at radius 1 is 1.12 bits per heavy atom. The lowest BCUT2D eigenvalue weighted by molar-refractivity contribution is -0.280. The van der Waals surface area contributed by atoms with Crippen LogP contribution >= 0.6 is 7.82 Å². The van der Waals surface area contributed by atoms with Gasteiger partial charge in [-0.3, -0.25) is 4.52 Å². The summed E-state index contributed by atoms with van der Waals surface area (Å²) >= 11 is 0. The van der Waals surface area contributed by atoms with Crippen molar-refractivity contribution in [2.24, 2.45) is 0 Å². The molecule has 0 aromatic rings. The molecule has 1 fully saturated rings. The van der Waals surface area contributed by atoms with Crippen LogP contribution in [0.25, 0.3) is 0 Å². The van der Waals surface area contributed by atoms with Crippen molar-refractivity contribution in [1.29, 1.82) is 0 Å². The second kappa shape index (κ2) is 5.05. The second-order valence-electron chi connectivity index (χ2n) is 3.29. The Hall–Kier alpha value is -0.0900. The Morgan fingerprint density at radius 3 is 2.12 bits per heavy atom. The summed E-state index contributed by atoms with van der Waals surface area (Å²) in [6, 6.07) is 0. The first-order valence-electron chi connectivity index (χ1n) is 4.30. The number of aliphatic hydroxyl groups is 4. The summed E-state index contributed by atoms with van der Waals surface area (Å²) in [7, 11) is -4.91. The van der Waals surface area contributed by atoms with Crippen LogP contribution in [0.4, 0.5) is 0 Å². The van der Waals surface area contributed by atoms with Crippen molar-refractivity contribution in [1.82, 2.24) is 0 Å². The zero-order valence-corrected chi connectivity index (χ0v) is 8.84. The lowest BCUT2D eigenvalue weighted by atomic mass is 10.00. The van der Waals surface area contributed by atoms with E-state index in [-0.39, 0.29) is 0 Å². The molecule has 1 saturated heterocycles. The molecule has 1 aliphatic rings. The molecule has 1 heterocycles. The van der Waals surface area contributed by atoms with Gasteiger partial charge < -0.3 is 34.9 Å². The highest BCUT2D eigenvalue weighted by molar-refractivity contribution is 7.46. The van der Waals surface area contributed by atoms with Gasteiger partial charge in [0.05, 0.1) is 6.61 Å². The van der Waals surface area contributed by atoms with Crippen molar-refractivity contribution < 1.29 is 44.0 Å². The van der Waals surface area contributed by atoms with Crippen LogP contribution < -0.4 is 0 Å². The van der Waals surface area contributed by atoms with Gasteiger partial charge in [-0.25, -0.2) is 4.57 Å². The average Bonchev–Trinajstić information content (AvgIpc) is 2.17. The first-order valence-corrected chi connectivity index (χ1v) is 5.83. The lowest BCUT2D eigenvalue weighted by Crippen LogP contribution is -2.58. The van der Waals surface area contributed by atoms with E-state index in [9.17, 15) is 19.9 Å². The normalized spacial score (nSPS) is 41.0. The predicted molar refractivity (Wildman–Crippen MR) is 46.9 cm³/mol.